The molecule has 0 saturated heterocycles. The topological polar surface area (TPSA) is 47.5 Å². The van der Waals surface area contributed by atoms with Crippen molar-refractivity contribution in [2.75, 3.05) is 19.8 Å². The fraction of sp³-hybridized carbons (Fsp3) is 0.304. The number of hydrogen-bond acceptors (Lipinski definition) is 5. The summed E-state index contributed by atoms with van der Waals surface area (Å²) in [4.78, 5) is 11.3. The number of halogens is 3. The van der Waals surface area contributed by atoms with Gasteiger partial charge in [0.2, 0.25) is 0 Å². The average molecular weight is 427 g/mol. The Hall–Kier alpha value is -3.13. The van der Waals surface area contributed by atoms with Crippen molar-refractivity contribution in [2.45, 2.75) is 25.7 Å². The van der Waals surface area contributed by atoms with E-state index in [0.29, 0.717) is 31.1 Å². The van der Waals surface area contributed by atoms with Crippen LogP contribution in [0.25, 0.3) is 11.4 Å². The lowest BCUT2D eigenvalue weighted by molar-refractivity contribution is -0.137. The van der Waals surface area contributed by atoms with Crippen LogP contribution in [-0.2, 0) is 25.7 Å². The Labute approximate surface area is 177 Å². The normalized spacial score (nSPS) is 16.1. The van der Waals surface area contributed by atoms with E-state index in [0.717, 1.165) is 60.0 Å². The Morgan fingerprint density at radius 3 is 2.52 bits per heavy atom. The van der Waals surface area contributed by atoms with Gasteiger partial charge in [0.1, 0.15) is 13.2 Å². The molecule has 5 rings (SSSR count). The van der Waals surface area contributed by atoms with Crippen molar-refractivity contribution in [1.29, 1.82) is 0 Å². The van der Waals surface area contributed by atoms with E-state index in [-0.39, 0.29) is 0 Å². The zero-order valence-corrected chi connectivity index (χ0v) is 16.7. The minimum absolute atomic E-state index is 0.439. The summed E-state index contributed by atoms with van der Waals surface area (Å²) in [5.41, 5.74) is 3.01. The third-order valence-corrected chi connectivity index (χ3v) is 5.51. The van der Waals surface area contributed by atoms with Crippen LogP contribution in [0.1, 0.15) is 22.4 Å². The van der Waals surface area contributed by atoms with E-state index in [1.165, 1.54) is 12.1 Å². The number of ether oxygens (including phenoxy) is 2. The van der Waals surface area contributed by atoms with Crippen molar-refractivity contribution < 1.29 is 22.6 Å². The van der Waals surface area contributed by atoms with E-state index in [1.807, 2.05) is 18.2 Å². The Bertz CT molecular complexity index is 1100. The van der Waals surface area contributed by atoms with Crippen LogP contribution in [0.15, 0.2) is 48.7 Å². The number of alkyl halides is 3. The van der Waals surface area contributed by atoms with Crippen LogP contribution in [0.5, 0.6) is 11.5 Å². The highest BCUT2D eigenvalue weighted by Gasteiger charge is 2.30. The molecule has 0 N–H and O–H groups in total. The van der Waals surface area contributed by atoms with Gasteiger partial charge >= 0.3 is 6.18 Å². The van der Waals surface area contributed by atoms with Crippen LogP contribution in [0.4, 0.5) is 13.2 Å². The minimum atomic E-state index is -4.36. The SMILES string of the molecule is FC(F)(F)c1ccc(-c2ncc3c(n2)CN(Cc2ccc4c(c2)OCCO4)CC3)cc1. The van der Waals surface area contributed by atoms with Crippen LogP contribution in [0.2, 0.25) is 0 Å². The summed E-state index contributed by atoms with van der Waals surface area (Å²) in [5, 5.41) is 0. The number of rotatable bonds is 3. The Balaban J connectivity index is 1.32. The molecule has 0 saturated carbocycles. The van der Waals surface area contributed by atoms with E-state index in [1.54, 1.807) is 6.20 Å². The number of benzene rings is 2. The number of aromatic nitrogens is 2. The molecule has 3 aromatic rings. The number of fused-ring (bicyclic) bond motifs is 2. The zero-order valence-electron chi connectivity index (χ0n) is 16.7. The molecule has 2 aromatic carbocycles. The highest BCUT2D eigenvalue weighted by atomic mass is 19.4. The van der Waals surface area contributed by atoms with Crippen LogP contribution in [-0.4, -0.2) is 34.6 Å². The summed E-state index contributed by atoms with van der Waals surface area (Å²) in [5.74, 6) is 1.98. The first kappa shape index (κ1) is 19.8. The second kappa shape index (κ2) is 7.85. The van der Waals surface area contributed by atoms with Gasteiger partial charge in [-0.3, -0.25) is 4.90 Å². The molecule has 0 unspecified atom stereocenters. The molecule has 0 fully saturated rings. The lowest BCUT2D eigenvalue weighted by Crippen LogP contribution is -2.31. The van der Waals surface area contributed by atoms with Crippen molar-refractivity contribution in [2.24, 2.45) is 0 Å². The van der Waals surface area contributed by atoms with Crippen molar-refractivity contribution in [3.63, 3.8) is 0 Å². The van der Waals surface area contributed by atoms with E-state index < -0.39 is 11.7 Å². The number of nitrogens with zero attached hydrogens (tertiary/aromatic N) is 3. The van der Waals surface area contributed by atoms with Gasteiger partial charge in [0, 0.05) is 31.4 Å². The highest BCUT2D eigenvalue weighted by Crippen LogP contribution is 2.32. The third-order valence-electron chi connectivity index (χ3n) is 5.51. The van der Waals surface area contributed by atoms with Crippen LogP contribution >= 0.6 is 0 Å². The molecule has 160 valence electrons. The maximum atomic E-state index is 12.8. The smallest absolute Gasteiger partial charge is 0.416 e. The third kappa shape index (κ3) is 4.20. The van der Waals surface area contributed by atoms with Crippen LogP contribution in [0, 0.1) is 0 Å². The fourth-order valence-corrected chi connectivity index (χ4v) is 3.88. The summed E-state index contributed by atoms with van der Waals surface area (Å²) in [6, 6.07) is 10.9. The molecule has 0 aliphatic carbocycles. The van der Waals surface area contributed by atoms with Crippen molar-refractivity contribution in [3.8, 4) is 22.9 Å². The lowest BCUT2D eigenvalue weighted by Gasteiger charge is -2.28. The first-order valence-electron chi connectivity index (χ1n) is 10.1. The summed E-state index contributed by atoms with van der Waals surface area (Å²) in [7, 11) is 0. The molecule has 0 bridgehead atoms. The van der Waals surface area contributed by atoms with E-state index in [2.05, 4.69) is 14.9 Å². The molecule has 0 spiro atoms. The maximum absolute atomic E-state index is 12.8. The Morgan fingerprint density at radius 2 is 1.74 bits per heavy atom. The van der Waals surface area contributed by atoms with Gasteiger partial charge in [0.15, 0.2) is 17.3 Å². The molecule has 31 heavy (non-hydrogen) atoms. The van der Waals surface area contributed by atoms with Crippen molar-refractivity contribution in [3.05, 3.63) is 71.0 Å². The van der Waals surface area contributed by atoms with Crippen LogP contribution in [0.3, 0.4) is 0 Å². The molecule has 1 aromatic heterocycles. The van der Waals surface area contributed by atoms with Gasteiger partial charge in [-0.1, -0.05) is 18.2 Å². The molecular formula is C23H20F3N3O2. The van der Waals surface area contributed by atoms with Gasteiger partial charge in [-0.15, -0.1) is 0 Å². The average Bonchev–Trinajstić information content (AvgIpc) is 2.78. The van der Waals surface area contributed by atoms with Gasteiger partial charge in [0.05, 0.1) is 11.3 Å². The molecule has 2 aliphatic heterocycles. The predicted octanol–water partition coefficient (Wildman–Crippen LogP) is 4.49. The Morgan fingerprint density at radius 1 is 0.968 bits per heavy atom. The fourth-order valence-electron chi connectivity index (χ4n) is 3.88. The lowest BCUT2D eigenvalue weighted by atomic mass is 10.0. The molecule has 0 amide bonds. The van der Waals surface area contributed by atoms with Gasteiger partial charge in [0.25, 0.3) is 0 Å². The molecule has 8 heteroatoms. The molecule has 0 atom stereocenters. The largest absolute Gasteiger partial charge is 0.486 e. The highest BCUT2D eigenvalue weighted by molar-refractivity contribution is 5.56. The summed E-state index contributed by atoms with van der Waals surface area (Å²) < 4.78 is 49.7. The molecule has 5 nitrogen and oxygen atoms in total. The molecular weight excluding hydrogens is 407 g/mol. The van der Waals surface area contributed by atoms with Crippen molar-refractivity contribution in [1.82, 2.24) is 14.9 Å². The summed E-state index contributed by atoms with van der Waals surface area (Å²) in [6.45, 7) is 3.40. The minimum Gasteiger partial charge on any atom is -0.486 e. The zero-order chi connectivity index (χ0) is 21.4. The first-order chi connectivity index (χ1) is 15.0. The van der Waals surface area contributed by atoms with E-state index in [4.69, 9.17) is 9.47 Å². The standard InChI is InChI=1S/C23H20F3N3O2/c24-23(25,26)18-4-2-16(3-5-18)22-27-12-17-7-8-29(14-19(17)28-22)13-15-1-6-20-21(11-15)31-10-9-30-20/h1-6,11-12H,7-10,13-14H2. The Kier molecular flexibility index (Phi) is 5.02. The number of hydrogen-bond donors (Lipinski definition) is 0. The van der Waals surface area contributed by atoms with Gasteiger partial charge in [-0.25, -0.2) is 9.97 Å². The monoisotopic (exact) mass is 427 g/mol. The quantitative estimate of drug-likeness (QED) is 0.616. The van der Waals surface area contributed by atoms with Crippen molar-refractivity contribution >= 4 is 0 Å². The van der Waals surface area contributed by atoms with Gasteiger partial charge in [-0.05, 0) is 41.8 Å². The van der Waals surface area contributed by atoms with Gasteiger partial charge < -0.3 is 9.47 Å². The summed E-state index contributed by atoms with van der Waals surface area (Å²) in [6.07, 6.45) is -1.74. The molecule has 0 radical (unpaired) electrons. The van der Waals surface area contributed by atoms with Gasteiger partial charge in [-0.2, -0.15) is 13.2 Å². The summed E-state index contributed by atoms with van der Waals surface area (Å²) >= 11 is 0. The second-order valence-electron chi connectivity index (χ2n) is 7.68. The van der Waals surface area contributed by atoms with Crippen LogP contribution < -0.4 is 9.47 Å². The molecule has 3 heterocycles. The second-order valence-corrected chi connectivity index (χ2v) is 7.68. The van der Waals surface area contributed by atoms with E-state index in [9.17, 15) is 13.2 Å². The predicted molar refractivity (Wildman–Crippen MR) is 108 cm³/mol. The first-order valence-corrected chi connectivity index (χ1v) is 10.1. The van der Waals surface area contributed by atoms with E-state index >= 15 is 0 Å². The maximum Gasteiger partial charge on any atom is 0.416 e. The molecule has 2 aliphatic rings.